The van der Waals surface area contributed by atoms with Gasteiger partial charge in [-0.25, -0.2) is 0 Å². The number of nitriles is 1. The van der Waals surface area contributed by atoms with E-state index in [9.17, 15) is 15.5 Å². The average molecular weight is 354 g/mol. The fraction of sp³-hybridized carbons (Fsp3) is 0.417. The van der Waals surface area contributed by atoms with Crippen LogP contribution in [0.25, 0.3) is 11.0 Å². The van der Waals surface area contributed by atoms with Gasteiger partial charge in [-0.1, -0.05) is 0 Å². The van der Waals surface area contributed by atoms with Crippen LogP contribution >= 0.6 is 0 Å². The van der Waals surface area contributed by atoms with E-state index in [1.807, 2.05) is 6.07 Å². The molecule has 0 bridgehead atoms. The van der Waals surface area contributed by atoms with E-state index in [1.165, 1.54) is 17.1 Å². The van der Waals surface area contributed by atoms with E-state index >= 15 is 0 Å². The van der Waals surface area contributed by atoms with Gasteiger partial charge in [-0.3, -0.25) is 0 Å². The van der Waals surface area contributed by atoms with Crippen molar-refractivity contribution < 1.29 is 20.1 Å². The first-order valence-electron chi connectivity index (χ1n) is 6.13. The van der Waals surface area contributed by atoms with Crippen LogP contribution in [0.4, 0.5) is 0 Å². The van der Waals surface area contributed by atoms with Crippen LogP contribution in [0.5, 0.6) is 0 Å². The molecule has 4 atom stereocenters. The van der Waals surface area contributed by atoms with Crippen molar-refractivity contribution in [3.63, 3.8) is 0 Å². The monoisotopic (exact) mass is 355 g/mol. The molecule has 0 saturated carbocycles. The molecule has 0 unspecified atom stereocenters. The third-order valence-corrected chi connectivity index (χ3v) is 4.14. The van der Waals surface area contributed by atoms with Gasteiger partial charge in [-0.05, 0) is 0 Å². The van der Waals surface area contributed by atoms with Crippen LogP contribution in [0.3, 0.4) is 0 Å². The SMILES string of the molecule is N#Cc1cn([C@@H]2O[C@H](CO)[C@@H](O)[C@H]2O)c2ncnc([Se])c12. The van der Waals surface area contributed by atoms with Crippen LogP contribution in [0.1, 0.15) is 11.8 Å². The maximum atomic E-state index is 10.1. The van der Waals surface area contributed by atoms with Crippen LogP contribution < -0.4 is 4.59 Å². The summed E-state index contributed by atoms with van der Waals surface area (Å²) < 4.78 is 7.45. The molecule has 1 aliphatic heterocycles. The van der Waals surface area contributed by atoms with E-state index in [1.54, 1.807) is 0 Å². The number of aliphatic hydroxyl groups is 3. The first kappa shape index (κ1) is 14.4. The van der Waals surface area contributed by atoms with E-state index in [4.69, 9.17) is 9.84 Å². The Morgan fingerprint density at radius 1 is 1.38 bits per heavy atom. The van der Waals surface area contributed by atoms with Gasteiger partial charge in [0.1, 0.15) is 0 Å². The molecule has 1 aliphatic rings. The summed E-state index contributed by atoms with van der Waals surface area (Å²) in [6.07, 6.45) is -1.45. The molecule has 3 rings (SSSR count). The number of ether oxygens (including phenoxy) is 1. The van der Waals surface area contributed by atoms with Gasteiger partial charge in [0.15, 0.2) is 0 Å². The third-order valence-electron chi connectivity index (χ3n) is 3.49. The fourth-order valence-electron chi connectivity index (χ4n) is 2.45. The Morgan fingerprint density at radius 3 is 2.76 bits per heavy atom. The molecule has 0 amide bonds. The number of rotatable bonds is 2. The Kier molecular flexibility index (Phi) is 3.67. The van der Waals surface area contributed by atoms with Gasteiger partial charge in [0, 0.05) is 0 Å². The number of hydrogen-bond acceptors (Lipinski definition) is 7. The van der Waals surface area contributed by atoms with Gasteiger partial charge in [0.05, 0.1) is 0 Å². The van der Waals surface area contributed by atoms with Gasteiger partial charge in [-0.15, -0.1) is 0 Å². The average Bonchev–Trinajstić information content (AvgIpc) is 2.99. The van der Waals surface area contributed by atoms with Crippen LogP contribution in [-0.4, -0.2) is 70.8 Å². The summed E-state index contributed by atoms with van der Waals surface area (Å²) in [5.74, 6) is 0. The van der Waals surface area contributed by atoms with Gasteiger partial charge in [-0.2, -0.15) is 0 Å². The molecule has 3 N–H and O–H groups in total. The molecule has 1 radical (unpaired) electrons. The van der Waals surface area contributed by atoms with Crippen molar-refractivity contribution in [2.45, 2.75) is 24.5 Å². The Hall–Kier alpha value is -1.53. The molecule has 21 heavy (non-hydrogen) atoms. The quantitative estimate of drug-likeness (QED) is 0.519. The number of fused-ring (bicyclic) bond motifs is 1. The van der Waals surface area contributed by atoms with E-state index in [2.05, 4.69) is 26.0 Å². The normalized spacial score (nSPS) is 28.9. The Labute approximate surface area is 127 Å². The van der Waals surface area contributed by atoms with Crippen molar-refractivity contribution in [1.29, 1.82) is 5.26 Å². The minimum absolute atomic E-state index is 0.331. The second-order valence-electron chi connectivity index (χ2n) is 4.67. The third kappa shape index (κ3) is 2.13. The van der Waals surface area contributed by atoms with Crippen LogP contribution in [0.15, 0.2) is 12.5 Å². The maximum absolute atomic E-state index is 10.1. The molecule has 3 heterocycles. The van der Waals surface area contributed by atoms with Crippen LogP contribution in [-0.2, 0) is 4.74 Å². The van der Waals surface area contributed by atoms with Crippen molar-refractivity contribution in [3.8, 4) is 6.07 Å². The van der Waals surface area contributed by atoms with Crippen LogP contribution in [0.2, 0.25) is 0 Å². The zero-order chi connectivity index (χ0) is 15.1. The summed E-state index contributed by atoms with van der Waals surface area (Å²) in [5.41, 5.74) is 0.738. The summed E-state index contributed by atoms with van der Waals surface area (Å²) in [6, 6.07) is 2.04. The molecule has 9 heteroatoms. The molecule has 2 aromatic rings. The minimum atomic E-state index is -1.23. The summed E-state index contributed by atoms with van der Waals surface area (Å²) in [7, 11) is 0. The van der Waals surface area contributed by atoms with E-state index in [0.29, 0.717) is 21.2 Å². The summed E-state index contributed by atoms with van der Waals surface area (Å²) >= 11 is 2.76. The first-order valence-corrected chi connectivity index (χ1v) is 6.99. The van der Waals surface area contributed by atoms with E-state index in [-0.39, 0.29) is 0 Å². The molecule has 0 spiro atoms. The standard InChI is InChI=1S/C12H11N4O4Se/c13-1-5-2-16(10-7(5)11(21)15-4-14-10)12-9(19)8(18)6(3-17)20-12/h2,4,6,8-9,12,17-19H,3H2/t6-,8-,9-,12-/m1/s1. The Balaban J connectivity index is 2.14. The second kappa shape index (κ2) is 5.35. The first-order chi connectivity index (χ1) is 10.1. The van der Waals surface area contributed by atoms with Crippen molar-refractivity contribution >= 4 is 31.6 Å². The number of nitrogens with zero attached hydrogens (tertiary/aromatic N) is 4. The zero-order valence-electron chi connectivity index (χ0n) is 10.6. The summed E-state index contributed by atoms with van der Waals surface area (Å²) in [6.45, 7) is -0.416. The number of aliphatic hydroxyl groups excluding tert-OH is 3. The molecular weight excluding hydrogens is 343 g/mol. The molecule has 0 aromatic carbocycles. The fourth-order valence-corrected chi connectivity index (χ4v) is 2.97. The Bertz CT molecular complexity index is 728. The summed E-state index contributed by atoms with van der Waals surface area (Å²) in [4.78, 5) is 8.11. The van der Waals surface area contributed by atoms with Crippen molar-refractivity contribution in [3.05, 3.63) is 18.1 Å². The molecule has 0 aliphatic carbocycles. The zero-order valence-corrected chi connectivity index (χ0v) is 12.3. The van der Waals surface area contributed by atoms with Crippen LogP contribution in [0, 0.1) is 11.3 Å². The predicted octanol–water partition coefficient (Wildman–Crippen LogP) is -2.29. The summed E-state index contributed by atoms with van der Waals surface area (Å²) in [5, 5.41) is 38.8. The van der Waals surface area contributed by atoms with Gasteiger partial charge >= 0.3 is 127 Å². The molecule has 109 valence electrons. The topological polar surface area (TPSA) is 124 Å². The number of hydrogen-bond donors (Lipinski definition) is 3. The van der Waals surface area contributed by atoms with E-state index in [0.717, 1.165) is 0 Å². The predicted molar refractivity (Wildman–Crippen MR) is 70.6 cm³/mol. The molecule has 1 saturated heterocycles. The van der Waals surface area contributed by atoms with Gasteiger partial charge < -0.3 is 0 Å². The molecule has 2 aromatic heterocycles. The van der Waals surface area contributed by atoms with Crippen molar-refractivity contribution in [2.75, 3.05) is 6.61 Å². The number of aromatic nitrogens is 3. The van der Waals surface area contributed by atoms with E-state index < -0.39 is 31.1 Å². The Morgan fingerprint density at radius 2 is 2.14 bits per heavy atom. The van der Waals surface area contributed by atoms with Crippen molar-refractivity contribution in [2.24, 2.45) is 0 Å². The molecule has 8 nitrogen and oxygen atoms in total. The van der Waals surface area contributed by atoms with Gasteiger partial charge in [0.2, 0.25) is 0 Å². The molecule has 1 fully saturated rings. The van der Waals surface area contributed by atoms with Gasteiger partial charge in [0.25, 0.3) is 0 Å². The second-order valence-corrected chi connectivity index (χ2v) is 5.48. The van der Waals surface area contributed by atoms with Crippen molar-refractivity contribution in [1.82, 2.24) is 14.5 Å². The molecular formula is C12H11N4O4Se.